The smallest absolute Gasteiger partial charge is 0.345 e. The summed E-state index contributed by atoms with van der Waals surface area (Å²) < 4.78 is 14.4. The predicted octanol–water partition coefficient (Wildman–Crippen LogP) is 1.82. The van der Waals surface area contributed by atoms with Crippen LogP contribution in [0.2, 0.25) is 0 Å². The monoisotopic (exact) mass is 339 g/mol. The number of phenolic OH excluding ortho intramolecular Hbond substituents is 1. The van der Waals surface area contributed by atoms with Crippen LogP contribution in [0.15, 0.2) is 17.7 Å². The lowest BCUT2D eigenvalue weighted by Gasteiger charge is -2.08. The molecule has 0 aliphatic rings. The van der Waals surface area contributed by atoms with Gasteiger partial charge in [0.2, 0.25) is 5.75 Å². The van der Waals surface area contributed by atoms with Crippen LogP contribution in [0, 0.1) is 10.1 Å². The summed E-state index contributed by atoms with van der Waals surface area (Å²) in [6.07, 6.45) is 1.07. The fourth-order valence-electron chi connectivity index (χ4n) is 1.78. The van der Waals surface area contributed by atoms with E-state index in [9.17, 15) is 24.8 Å². The first kappa shape index (κ1) is 18.9. The van der Waals surface area contributed by atoms with E-state index in [1.54, 1.807) is 13.8 Å². The second kappa shape index (κ2) is 8.51. The zero-order valence-corrected chi connectivity index (χ0v) is 13.4. The number of methoxy groups -OCH3 is 1. The van der Waals surface area contributed by atoms with Crippen LogP contribution in [0.4, 0.5) is 5.69 Å². The third kappa shape index (κ3) is 4.45. The Labute approximate surface area is 137 Å². The number of phenols is 1. The molecule has 1 aromatic carbocycles. The van der Waals surface area contributed by atoms with Gasteiger partial charge in [-0.3, -0.25) is 10.1 Å². The second-order valence-electron chi connectivity index (χ2n) is 4.35. The molecule has 0 atom stereocenters. The molecule has 130 valence electrons. The lowest BCUT2D eigenvalue weighted by Crippen LogP contribution is -2.18. The quantitative estimate of drug-likeness (QED) is 0.199. The number of esters is 2. The van der Waals surface area contributed by atoms with Crippen molar-refractivity contribution in [2.24, 2.45) is 0 Å². The van der Waals surface area contributed by atoms with Crippen LogP contribution >= 0.6 is 0 Å². The van der Waals surface area contributed by atoms with Crippen LogP contribution in [0.1, 0.15) is 19.4 Å². The van der Waals surface area contributed by atoms with E-state index in [-0.39, 0.29) is 24.5 Å². The predicted molar refractivity (Wildman–Crippen MR) is 82.6 cm³/mol. The largest absolute Gasteiger partial charge is 0.500 e. The van der Waals surface area contributed by atoms with Gasteiger partial charge in [-0.05, 0) is 31.6 Å². The van der Waals surface area contributed by atoms with Gasteiger partial charge in [-0.15, -0.1) is 0 Å². The van der Waals surface area contributed by atoms with Crippen molar-refractivity contribution in [3.8, 4) is 11.5 Å². The Morgan fingerprint density at radius 1 is 1.21 bits per heavy atom. The Kier molecular flexibility index (Phi) is 6.72. The molecule has 0 heterocycles. The highest BCUT2D eigenvalue weighted by Gasteiger charge is 2.24. The van der Waals surface area contributed by atoms with E-state index in [1.165, 1.54) is 13.2 Å². The topological polar surface area (TPSA) is 125 Å². The minimum Gasteiger partial charge on any atom is -0.500 e. The molecule has 0 saturated heterocycles. The molecule has 1 N–H and O–H groups in total. The highest BCUT2D eigenvalue weighted by atomic mass is 16.6. The zero-order chi connectivity index (χ0) is 18.3. The molecular formula is C15H17NO8. The van der Waals surface area contributed by atoms with Gasteiger partial charge in [0.1, 0.15) is 5.57 Å². The summed E-state index contributed by atoms with van der Waals surface area (Å²) in [7, 11) is 1.21. The number of ether oxygens (including phenoxy) is 3. The molecule has 9 nitrogen and oxygen atoms in total. The number of benzene rings is 1. The first-order valence-corrected chi connectivity index (χ1v) is 6.96. The van der Waals surface area contributed by atoms with Gasteiger partial charge >= 0.3 is 17.6 Å². The standard InChI is InChI=1S/C15H17NO8/c1-4-23-14(18)10(15(19)24-5-2)6-9-7-11(16(20)21)13(17)12(8-9)22-3/h6-8,17H,4-5H2,1-3H3. The first-order valence-electron chi connectivity index (χ1n) is 6.96. The summed E-state index contributed by atoms with van der Waals surface area (Å²) in [5.41, 5.74) is -0.971. The van der Waals surface area contributed by atoms with E-state index in [0.29, 0.717) is 0 Å². The Hall–Kier alpha value is -3.10. The lowest BCUT2D eigenvalue weighted by atomic mass is 10.1. The molecule has 0 aliphatic carbocycles. The van der Waals surface area contributed by atoms with Gasteiger partial charge in [0, 0.05) is 6.07 Å². The number of carbonyl (C=O) groups excluding carboxylic acids is 2. The minimum absolute atomic E-state index is 0.0363. The summed E-state index contributed by atoms with van der Waals surface area (Å²) in [5.74, 6) is -2.69. The van der Waals surface area contributed by atoms with Crippen molar-refractivity contribution in [2.45, 2.75) is 13.8 Å². The number of nitrogens with zero attached hydrogens (tertiary/aromatic N) is 1. The highest BCUT2D eigenvalue weighted by molar-refractivity contribution is 6.17. The molecule has 0 amide bonds. The van der Waals surface area contributed by atoms with Crippen LogP contribution in [0.5, 0.6) is 11.5 Å². The molecule has 0 unspecified atom stereocenters. The molecule has 0 radical (unpaired) electrons. The average molecular weight is 339 g/mol. The van der Waals surface area contributed by atoms with Gasteiger partial charge in [-0.25, -0.2) is 9.59 Å². The summed E-state index contributed by atoms with van der Waals surface area (Å²) in [5, 5.41) is 20.7. The first-order chi connectivity index (χ1) is 11.3. The van der Waals surface area contributed by atoms with E-state index in [0.717, 1.165) is 12.1 Å². The second-order valence-corrected chi connectivity index (χ2v) is 4.35. The number of nitro benzene ring substituents is 1. The molecule has 9 heteroatoms. The number of hydrogen-bond acceptors (Lipinski definition) is 8. The molecule has 0 fully saturated rings. The van der Waals surface area contributed by atoms with Gasteiger partial charge in [0.05, 0.1) is 25.2 Å². The Balaban J connectivity index is 3.45. The molecule has 1 rings (SSSR count). The third-order valence-electron chi connectivity index (χ3n) is 2.80. The SMILES string of the molecule is CCOC(=O)C(=Cc1cc(OC)c(O)c([N+](=O)[O-])c1)C(=O)OCC. The fraction of sp³-hybridized carbons (Fsp3) is 0.333. The van der Waals surface area contributed by atoms with E-state index >= 15 is 0 Å². The summed E-state index contributed by atoms with van der Waals surface area (Å²) in [6, 6.07) is 2.23. The maximum Gasteiger partial charge on any atom is 0.345 e. The average Bonchev–Trinajstić information content (AvgIpc) is 2.53. The maximum atomic E-state index is 11.9. The Morgan fingerprint density at radius 2 is 1.75 bits per heavy atom. The molecule has 1 aromatic rings. The van der Waals surface area contributed by atoms with Gasteiger partial charge in [0.25, 0.3) is 0 Å². The van der Waals surface area contributed by atoms with Crippen LogP contribution < -0.4 is 4.74 Å². The Morgan fingerprint density at radius 3 is 2.17 bits per heavy atom. The van der Waals surface area contributed by atoms with Crippen molar-refractivity contribution in [3.05, 3.63) is 33.4 Å². The molecular weight excluding hydrogens is 322 g/mol. The van der Waals surface area contributed by atoms with Crippen molar-refractivity contribution in [3.63, 3.8) is 0 Å². The summed E-state index contributed by atoms with van der Waals surface area (Å²) in [4.78, 5) is 34.0. The molecule has 0 saturated carbocycles. The van der Waals surface area contributed by atoms with E-state index in [2.05, 4.69) is 0 Å². The number of nitro groups is 1. The minimum atomic E-state index is -0.925. The summed E-state index contributed by atoms with van der Waals surface area (Å²) >= 11 is 0. The summed E-state index contributed by atoms with van der Waals surface area (Å²) in [6.45, 7) is 3.20. The Bertz CT molecular complexity index is 660. The zero-order valence-electron chi connectivity index (χ0n) is 13.4. The van der Waals surface area contributed by atoms with Crippen LogP contribution in [-0.4, -0.2) is 42.3 Å². The maximum absolute atomic E-state index is 11.9. The van der Waals surface area contributed by atoms with Crippen LogP contribution in [-0.2, 0) is 19.1 Å². The van der Waals surface area contributed by atoms with Crippen molar-refractivity contribution in [1.29, 1.82) is 0 Å². The number of carbonyl (C=O) groups is 2. The van der Waals surface area contributed by atoms with Crippen LogP contribution in [0.3, 0.4) is 0 Å². The normalized spacial score (nSPS) is 9.79. The van der Waals surface area contributed by atoms with E-state index in [1.807, 2.05) is 0 Å². The van der Waals surface area contributed by atoms with Gasteiger partial charge < -0.3 is 19.3 Å². The van der Waals surface area contributed by atoms with Crippen LogP contribution in [0.25, 0.3) is 6.08 Å². The van der Waals surface area contributed by atoms with E-state index in [4.69, 9.17) is 14.2 Å². The van der Waals surface area contributed by atoms with Gasteiger partial charge in [-0.1, -0.05) is 0 Å². The molecule has 0 aromatic heterocycles. The van der Waals surface area contributed by atoms with Crippen molar-refractivity contribution < 1.29 is 33.8 Å². The molecule has 0 aliphatic heterocycles. The number of hydrogen-bond donors (Lipinski definition) is 1. The van der Waals surface area contributed by atoms with Gasteiger partial charge in [-0.2, -0.15) is 0 Å². The highest BCUT2D eigenvalue weighted by Crippen LogP contribution is 2.37. The molecule has 0 spiro atoms. The fourth-order valence-corrected chi connectivity index (χ4v) is 1.78. The van der Waals surface area contributed by atoms with Crippen molar-refractivity contribution >= 4 is 23.7 Å². The number of rotatable bonds is 7. The lowest BCUT2D eigenvalue weighted by molar-refractivity contribution is -0.386. The molecule has 0 bridgehead atoms. The molecule has 24 heavy (non-hydrogen) atoms. The number of aromatic hydroxyl groups is 1. The van der Waals surface area contributed by atoms with Crippen molar-refractivity contribution in [2.75, 3.05) is 20.3 Å². The third-order valence-corrected chi connectivity index (χ3v) is 2.80. The van der Waals surface area contributed by atoms with E-state index < -0.39 is 33.9 Å². The van der Waals surface area contributed by atoms with Gasteiger partial charge in [0.15, 0.2) is 5.75 Å². The van der Waals surface area contributed by atoms with Crippen molar-refractivity contribution in [1.82, 2.24) is 0 Å².